The molecule has 8 nitrogen and oxygen atoms in total. The van der Waals surface area contributed by atoms with Gasteiger partial charge in [0.1, 0.15) is 13.1 Å². The molecule has 0 bridgehead atoms. The maximum atomic E-state index is 10.7. The van der Waals surface area contributed by atoms with Gasteiger partial charge in [0, 0.05) is 10.0 Å². The Labute approximate surface area is 135 Å². The van der Waals surface area contributed by atoms with Crippen LogP contribution in [0.15, 0.2) is 21.7 Å². The first-order valence-electron chi connectivity index (χ1n) is 6.01. The highest BCUT2D eigenvalue weighted by Gasteiger charge is 2.13. The van der Waals surface area contributed by atoms with Crippen LogP contribution < -0.4 is 9.47 Å². The molecular weight excluding hydrogens is 360 g/mol. The van der Waals surface area contributed by atoms with Gasteiger partial charge in [0.2, 0.25) is 0 Å². The minimum absolute atomic E-state index is 0.403. The minimum atomic E-state index is -1.18. The maximum Gasteiger partial charge on any atom is 0.324 e. The third-order valence-electron chi connectivity index (χ3n) is 2.47. The number of carboxylic acid groups (broad SMARTS) is 2. The Hall–Kier alpha value is -2.29. The molecule has 0 saturated heterocycles. The number of hydrazone groups is 1. The van der Waals surface area contributed by atoms with Crippen molar-refractivity contribution in [1.82, 2.24) is 5.01 Å². The van der Waals surface area contributed by atoms with E-state index in [0.29, 0.717) is 21.5 Å². The molecule has 0 atom stereocenters. The lowest BCUT2D eigenvalue weighted by Crippen LogP contribution is -2.30. The molecule has 0 spiro atoms. The van der Waals surface area contributed by atoms with Crippen molar-refractivity contribution in [3.05, 3.63) is 22.2 Å². The van der Waals surface area contributed by atoms with Crippen molar-refractivity contribution in [2.24, 2.45) is 5.10 Å². The first-order valence-corrected chi connectivity index (χ1v) is 6.80. The highest BCUT2D eigenvalue weighted by molar-refractivity contribution is 9.10. The van der Waals surface area contributed by atoms with Crippen LogP contribution in [0.2, 0.25) is 0 Å². The molecule has 1 rings (SSSR count). The second-order valence-electron chi connectivity index (χ2n) is 4.09. The standard InChI is InChI=1S/C13H15BrN2O6/c1-21-10-4-9(14)3-8(13(10)22-2)5-15-16(6-11(17)18)7-12(19)20/h3-5H,6-7H2,1-2H3,(H,17,18)(H,19,20)/b15-5-. The average Bonchev–Trinajstić information content (AvgIpc) is 2.42. The molecule has 0 fully saturated rings. The highest BCUT2D eigenvalue weighted by Crippen LogP contribution is 2.33. The zero-order valence-electron chi connectivity index (χ0n) is 11.9. The van der Waals surface area contributed by atoms with Gasteiger partial charge in [-0.3, -0.25) is 14.6 Å². The summed E-state index contributed by atoms with van der Waals surface area (Å²) in [5.74, 6) is -1.50. The third kappa shape index (κ3) is 5.24. The number of carboxylic acids is 2. The van der Waals surface area contributed by atoms with E-state index in [0.717, 1.165) is 5.01 Å². The molecule has 0 radical (unpaired) electrons. The van der Waals surface area contributed by atoms with Gasteiger partial charge in [0.15, 0.2) is 11.5 Å². The van der Waals surface area contributed by atoms with Gasteiger partial charge in [-0.2, -0.15) is 5.10 Å². The van der Waals surface area contributed by atoms with Gasteiger partial charge in [-0.1, -0.05) is 15.9 Å². The monoisotopic (exact) mass is 374 g/mol. The summed E-state index contributed by atoms with van der Waals surface area (Å²) in [6.07, 6.45) is 1.32. The quantitative estimate of drug-likeness (QED) is 0.520. The lowest BCUT2D eigenvalue weighted by atomic mass is 10.2. The number of aliphatic carboxylic acids is 2. The zero-order chi connectivity index (χ0) is 16.7. The van der Waals surface area contributed by atoms with Gasteiger partial charge >= 0.3 is 11.9 Å². The second kappa shape index (κ2) is 8.23. The largest absolute Gasteiger partial charge is 0.493 e. The fraction of sp³-hybridized carbons (Fsp3) is 0.308. The summed E-state index contributed by atoms with van der Waals surface area (Å²) >= 11 is 3.31. The van der Waals surface area contributed by atoms with E-state index >= 15 is 0 Å². The summed E-state index contributed by atoms with van der Waals surface area (Å²) in [4.78, 5) is 21.4. The summed E-state index contributed by atoms with van der Waals surface area (Å²) in [5, 5.41) is 22.3. The summed E-state index contributed by atoms with van der Waals surface area (Å²) in [6, 6.07) is 3.38. The fourth-order valence-corrected chi connectivity index (χ4v) is 2.10. The van der Waals surface area contributed by atoms with E-state index < -0.39 is 25.0 Å². The van der Waals surface area contributed by atoms with E-state index in [-0.39, 0.29) is 0 Å². The van der Waals surface area contributed by atoms with Crippen LogP contribution in [0.5, 0.6) is 11.5 Å². The second-order valence-corrected chi connectivity index (χ2v) is 5.00. The van der Waals surface area contributed by atoms with Crippen molar-refractivity contribution < 1.29 is 29.3 Å². The molecule has 22 heavy (non-hydrogen) atoms. The van der Waals surface area contributed by atoms with Crippen LogP contribution in [0.25, 0.3) is 0 Å². The van der Waals surface area contributed by atoms with Crippen molar-refractivity contribution in [1.29, 1.82) is 0 Å². The van der Waals surface area contributed by atoms with Crippen molar-refractivity contribution in [2.75, 3.05) is 27.3 Å². The van der Waals surface area contributed by atoms with E-state index in [9.17, 15) is 9.59 Å². The number of ether oxygens (including phenoxy) is 2. The molecule has 0 amide bonds. The summed E-state index contributed by atoms with van der Waals surface area (Å²) in [7, 11) is 2.93. The maximum absolute atomic E-state index is 10.7. The van der Waals surface area contributed by atoms with Crippen molar-refractivity contribution in [3.8, 4) is 11.5 Å². The zero-order valence-corrected chi connectivity index (χ0v) is 13.5. The van der Waals surface area contributed by atoms with Crippen LogP contribution in [0.3, 0.4) is 0 Å². The Morgan fingerprint density at radius 1 is 1.23 bits per heavy atom. The van der Waals surface area contributed by atoms with E-state index in [2.05, 4.69) is 21.0 Å². The smallest absolute Gasteiger partial charge is 0.324 e. The summed E-state index contributed by atoms with van der Waals surface area (Å²) in [5.41, 5.74) is 0.509. The van der Waals surface area contributed by atoms with Crippen LogP contribution in [-0.2, 0) is 9.59 Å². The average molecular weight is 375 g/mol. The molecule has 0 saturated carbocycles. The first kappa shape index (κ1) is 17.8. The van der Waals surface area contributed by atoms with E-state index in [4.69, 9.17) is 19.7 Å². The Bertz CT molecular complexity index is 574. The Balaban J connectivity index is 3.10. The van der Waals surface area contributed by atoms with Crippen molar-refractivity contribution >= 4 is 34.1 Å². The molecule has 120 valence electrons. The number of halogens is 1. The highest BCUT2D eigenvalue weighted by atomic mass is 79.9. The first-order chi connectivity index (χ1) is 10.4. The Morgan fingerprint density at radius 3 is 2.27 bits per heavy atom. The number of nitrogens with zero attached hydrogens (tertiary/aromatic N) is 2. The van der Waals surface area contributed by atoms with Crippen LogP contribution in [0.1, 0.15) is 5.56 Å². The van der Waals surface area contributed by atoms with Crippen molar-refractivity contribution in [3.63, 3.8) is 0 Å². The molecular formula is C13H15BrN2O6. The number of benzene rings is 1. The Kier molecular flexibility index (Phi) is 6.64. The predicted molar refractivity (Wildman–Crippen MR) is 81.7 cm³/mol. The molecule has 2 N–H and O–H groups in total. The van der Waals surface area contributed by atoms with Gasteiger partial charge in [-0.25, -0.2) is 0 Å². The molecule has 1 aromatic rings. The minimum Gasteiger partial charge on any atom is -0.493 e. The molecule has 0 unspecified atom stereocenters. The number of methoxy groups -OCH3 is 2. The van der Waals surface area contributed by atoms with Crippen LogP contribution >= 0.6 is 15.9 Å². The molecule has 0 aliphatic carbocycles. The van der Waals surface area contributed by atoms with Crippen molar-refractivity contribution in [2.45, 2.75) is 0 Å². The number of rotatable bonds is 8. The molecule has 1 aromatic carbocycles. The van der Waals surface area contributed by atoms with Gasteiger partial charge in [0.25, 0.3) is 0 Å². The third-order valence-corrected chi connectivity index (χ3v) is 2.93. The lowest BCUT2D eigenvalue weighted by molar-refractivity contribution is -0.141. The van der Waals surface area contributed by atoms with E-state index in [1.807, 2.05) is 0 Å². The van der Waals surface area contributed by atoms with Crippen LogP contribution in [-0.4, -0.2) is 60.7 Å². The predicted octanol–water partition coefficient (Wildman–Crippen LogP) is 1.27. The molecule has 0 aliphatic heterocycles. The summed E-state index contributed by atoms with van der Waals surface area (Å²) in [6.45, 7) is -1.06. The van der Waals surface area contributed by atoms with Crippen LogP contribution in [0.4, 0.5) is 0 Å². The van der Waals surface area contributed by atoms with E-state index in [1.165, 1.54) is 20.4 Å². The lowest BCUT2D eigenvalue weighted by Gasteiger charge is -2.15. The molecule has 0 aromatic heterocycles. The topological polar surface area (TPSA) is 109 Å². The van der Waals surface area contributed by atoms with Gasteiger partial charge in [-0.05, 0) is 12.1 Å². The van der Waals surface area contributed by atoms with Gasteiger partial charge in [-0.15, -0.1) is 0 Å². The van der Waals surface area contributed by atoms with E-state index in [1.54, 1.807) is 12.1 Å². The fourth-order valence-electron chi connectivity index (χ4n) is 1.65. The molecule has 0 aliphatic rings. The number of hydrogen-bond donors (Lipinski definition) is 2. The molecule has 0 heterocycles. The summed E-state index contributed by atoms with van der Waals surface area (Å²) < 4.78 is 11.1. The SMILES string of the molecule is COc1cc(Br)cc(/C=N\N(CC(=O)O)CC(=O)O)c1OC. The van der Waals surface area contributed by atoms with Gasteiger partial charge in [0.05, 0.1) is 20.4 Å². The number of hydrogen-bond acceptors (Lipinski definition) is 6. The van der Waals surface area contributed by atoms with Crippen LogP contribution in [0, 0.1) is 0 Å². The Morgan fingerprint density at radius 2 is 1.82 bits per heavy atom. The normalized spacial score (nSPS) is 10.5. The van der Waals surface area contributed by atoms with Gasteiger partial charge < -0.3 is 19.7 Å². The number of carbonyl (C=O) groups is 2. The molecule has 9 heteroatoms.